The number of nitrogens with one attached hydrogen (secondary N) is 1. The summed E-state index contributed by atoms with van der Waals surface area (Å²) in [5, 5.41) is 24.8. The standard InChI is InChI=1S/C4H9NO4/c1-2(6)3(5-9)4(7)8/h2-3,5-6,9H,1H3,(H,7,8)/t2-,3+/m1/s1. The van der Waals surface area contributed by atoms with Gasteiger partial charge in [-0.3, -0.25) is 4.79 Å². The molecule has 0 aliphatic heterocycles. The van der Waals surface area contributed by atoms with E-state index in [1.165, 1.54) is 12.4 Å². The molecule has 0 saturated carbocycles. The van der Waals surface area contributed by atoms with Gasteiger partial charge in [0.1, 0.15) is 0 Å². The van der Waals surface area contributed by atoms with E-state index < -0.39 is 18.1 Å². The van der Waals surface area contributed by atoms with Crippen molar-refractivity contribution in [3.8, 4) is 0 Å². The molecule has 0 aromatic carbocycles. The lowest BCUT2D eigenvalue weighted by molar-refractivity contribution is -0.145. The lowest BCUT2D eigenvalue weighted by atomic mass is 10.2. The van der Waals surface area contributed by atoms with Gasteiger partial charge in [-0.25, -0.2) is 0 Å². The number of hydrogen-bond acceptors (Lipinski definition) is 4. The van der Waals surface area contributed by atoms with Crippen LogP contribution >= 0.6 is 0 Å². The first kappa shape index (κ1) is 8.35. The fraction of sp³-hybridized carbons (Fsp3) is 0.750. The van der Waals surface area contributed by atoms with E-state index in [0.29, 0.717) is 0 Å². The van der Waals surface area contributed by atoms with Crippen LogP contribution in [0.1, 0.15) is 6.92 Å². The molecule has 0 fully saturated rings. The van der Waals surface area contributed by atoms with Crippen molar-refractivity contribution >= 4 is 5.97 Å². The van der Waals surface area contributed by atoms with Gasteiger partial charge in [0.25, 0.3) is 0 Å². The summed E-state index contributed by atoms with van der Waals surface area (Å²) in [4.78, 5) is 9.99. The second-order valence-corrected chi connectivity index (χ2v) is 1.69. The molecule has 5 nitrogen and oxygen atoms in total. The smallest absolute Gasteiger partial charge is 0.325 e. The van der Waals surface area contributed by atoms with Crippen LogP contribution in [0.5, 0.6) is 0 Å². The molecule has 0 radical (unpaired) electrons. The van der Waals surface area contributed by atoms with E-state index in [4.69, 9.17) is 15.4 Å². The van der Waals surface area contributed by atoms with Gasteiger partial charge in [-0.2, -0.15) is 5.48 Å². The van der Waals surface area contributed by atoms with Gasteiger partial charge in [-0.1, -0.05) is 0 Å². The Balaban J connectivity index is 3.83. The van der Waals surface area contributed by atoms with Crippen molar-refractivity contribution in [3.63, 3.8) is 0 Å². The van der Waals surface area contributed by atoms with Gasteiger partial charge in [0, 0.05) is 0 Å². The molecular weight excluding hydrogens is 126 g/mol. The van der Waals surface area contributed by atoms with E-state index in [2.05, 4.69) is 0 Å². The van der Waals surface area contributed by atoms with Gasteiger partial charge in [-0.15, -0.1) is 0 Å². The first-order chi connectivity index (χ1) is 4.09. The van der Waals surface area contributed by atoms with Crippen LogP contribution in [0.15, 0.2) is 0 Å². The summed E-state index contributed by atoms with van der Waals surface area (Å²) in [5.41, 5.74) is 1.45. The van der Waals surface area contributed by atoms with Crippen molar-refractivity contribution in [1.82, 2.24) is 5.48 Å². The maximum atomic E-state index is 9.99. The topological polar surface area (TPSA) is 89.8 Å². The lowest BCUT2D eigenvalue weighted by Gasteiger charge is -2.11. The summed E-state index contributed by atoms with van der Waals surface area (Å²) in [6.07, 6.45) is -1.10. The zero-order valence-electron chi connectivity index (χ0n) is 4.90. The summed E-state index contributed by atoms with van der Waals surface area (Å²) >= 11 is 0. The lowest BCUT2D eigenvalue weighted by Crippen LogP contribution is -2.42. The Morgan fingerprint density at radius 2 is 2.11 bits per heavy atom. The van der Waals surface area contributed by atoms with Gasteiger partial charge in [0.2, 0.25) is 0 Å². The summed E-state index contributed by atoms with van der Waals surface area (Å²) < 4.78 is 0. The maximum Gasteiger partial charge on any atom is 0.325 e. The first-order valence-electron chi connectivity index (χ1n) is 2.40. The number of carboxylic acids is 1. The molecule has 0 saturated heterocycles. The third-order valence-electron chi connectivity index (χ3n) is 0.888. The van der Waals surface area contributed by atoms with Crippen LogP contribution in [0.2, 0.25) is 0 Å². The van der Waals surface area contributed by atoms with Gasteiger partial charge in [0.15, 0.2) is 6.04 Å². The van der Waals surface area contributed by atoms with Crippen molar-refractivity contribution in [3.05, 3.63) is 0 Å². The fourth-order valence-electron chi connectivity index (χ4n) is 0.369. The van der Waals surface area contributed by atoms with Crippen LogP contribution in [0.3, 0.4) is 0 Å². The SMILES string of the molecule is C[C@@H](O)[C@H](NO)C(=O)O. The van der Waals surface area contributed by atoms with Gasteiger partial charge in [-0.05, 0) is 6.92 Å². The summed E-state index contributed by atoms with van der Waals surface area (Å²) in [6.45, 7) is 1.27. The Hall–Kier alpha value is -0.650. The van der Waals surface area contributed by atoms with Crippen LogP contribution in [0.25, 0.3) is 0 Å². The molecule has 2 atom stereocenters. The average Bonchev–Trinajstić information content (AvgIpc) is 1.64. The Morgan fingerprint density at radius 1 is 1.67 bits per heavy atom. The van der Waals surface area contributed by atoms with E-state index in [9.17, 15) is 4.79 Å². The van der Waals surface area contributed by atoms with Crippen molar-refractivity contribution in [2.75, 3.05) is 0 Å². The van der Waals surface area contributed by atoms with Crippen molar-refractivity contribution < 1.29 is 20.2 Å². The number of carboxylic acid groups (broad SMARTS) is 1. The minimum absolute atomic E-state index is 1.10. The van der Waals surface area contributed by atoms with Crippen LogP contribution in [-0.2, 0) is 4.79 Å². The molecule has 0 spiro atoms. The molecule has 0 unspecified atom stereocenters. The molecule has 0 aromatic heterocycles. The Kier molecular flexibility index (Phi) is 3.15. The van der Waals surface area contributed by atoms with Crippen molar-refractivity contribution in [1.29, 1.82) is 0 Å². The first-order valence-corrected chi connectivity index (χ1v) is 2.40. The number of carbonyl (C=O) groups is 1. The highest BCUT2D eigenvalue weighted by Gasteiger charge is 2.21. The normalized spacial score (nSPS) is 16.8. The molecular formula is C4H9NO4. The van der Waals surface area contributed by atoms with Gasteiger partial charge < -0.3 is 15.4 Å². The van der Waals surface area contributed by atoms with Crippen molar-refractivity contribution in [2.24, 2.45) is 0 Å². The van der Waals surface area contributed by atoms with E-state index in [1.807, 2.05) is 0 Å². The Labute approximate surface area is 51.9 Å². The summed E-state index contributed by atoms with van der Waals surface area (Å²) in [5.74, 6) is -1.28. The van der Waals surface area contributed by atoms with Crippen LogP contribution in [0.4, 0.5) is 0 Å². The van der Waals surface area contributed by atoms with E-state index in [-0.39, 0.29) is 0 Å². The van der Waals surface area contributed by atoms with Crippen LogP contribution < -0.4 is 5.48 Å². The highest BCUT2D eigenvalue weighted by molar-refractivity contribution is 5.73. The zero-order chi connectivity index (χ0) is 7.44. The molecule has 0 amide bonds. The number of aliphatic carboxylic acids is 1. The quantitative estimate of drug-likeness (QED) is 0.365. The summed E-state index contributed by atoms with van der Waals surface area (Å²) in [6, 6.07) is -1.30. The molecule has 54 valence electrons. The average molecular weight is 135 g/mol. The zero-order valence-corrected chi connectivity index (χ0v) is 4.90. The van der Waals surface area contributed by atoms with E-state index >= 15 is 0 Å². The third-order valence-corrected chi connectivity index (χ3v) is 0.888. The minimum Gasteiger partial charge on any atom is -0.480 e. The number of aliphatic hydroxyl groups is 1. The molecule has 0 aliphatic carbocycles. The van der Waals surface area contributed by atoms with Crippen molar-refractivity contribution in [2.45, 2.75) is 19.1 Å². The molecule has 4 N–H and O–H groups in total. The molecule has 0 heterocycles. The maximum absolute atomic E-state index is 9.99. The number of rotatable bonds is 3. The Bertz CT molecular complexity index is 103. The molecule has 0 rings (SSSR count). The molecule has 0 aromatic rings. The van der Waals surface area contributed by atoms with E-state index in [0.717, 1.165) is 0 Å². The number of hydroxylamine groups is 1. The highest BCUT2D eigenvalue weighted by Crippen LogP contribution is 1.89. The fourth-order valence-corrected chi connectivity index (χ4v) is 0.369. The molecule has 0 aliphatic rings. The predicted molar refractivity (Wildman–Crippen MR) is 28.0 cm³/mol. The number of aliphatic hydroxyl groups excluding tert-OH is 1. The monoisotopic (exact) mass is 135 g/mol. The van der Waals surface area contributed by atoms with Crippen LogP contribution in [0, 0.1) is 0 Å². The predicted octanol–water partition coefficient (Wildman–Crippen LogP) is -1.20. The highest BCUT2D eigenvalue weighted by atomic mass is 16.5. The third kappa shape index (κ3) is 2.41. The number of hydrogen-bond donors (Lipinski definition) is 4. The molecule has 5 heteroatoms. The molecule has 0 bridgehead atoms. The van der Waals surface area contributed by atoms with Crippen LogP contribution in [-0.4, -0.2) is 33.5 Å². The van der Waals surface area contributed by atoms with E-state index in [1.54, 1.807) is 0 Å². The Morgan fingerprint density at radius 3 is 2.11 bits per heavy atom. The largest absolute Gasteiger partial charge is 0.480 e. The molecule has 9 heavy (non-hydrogen) atoms. The van der Waals surface area contributed by atoms with Gasteiger partial charge in [0.05, 0.1) is 6.10 Å². The minimum atomic E-state index is -1.30. The second kappa shape index (κ2) is 3.39. The summed E-state index contributed by atoms with van der Waals surface area (Å²) in [7, 11) is 0. The van der Waals surface area contributed by atoms with Gasteiger partial charge >= 0.3 is 5.97 Å². The second-order valence-electron chi connectivity index (χ2n) is 1.69.